The molecule has 0 saturated heterocycles. The van der Waals surface area contributed by atoms with Crippen molar-refractivity contribution in [3.63, 3.8) is 0 Å². The van der Waals surface area contributed by atoms with Crippen LogP contribution in [0.15, 0.2) is 60.7 Å². The van der Waals surface area contributed by atoms with Crippen LogP contribution in [0.2, 0.25) is 0 Å². The molecule has 0 fully saturated rings. The monoisotopic (exact) mass is 497 g/mol. The van der Waals surface area contributed by atoms with Crippen LogP contribution >= 0.6 is 0 Å². The minimum atomic E-state index is -0.921. The molecule has 0 aliphatic rings. The zero-order valence-corrected chi connectivity index (χ0v) is 21.7. The lowest BCUT2D eigenvalue weighted by Gasteiger charge is -2.28. The number of carbonyl (C=O) groups excluding carboxylic acids is 3. The van der Waals surface area contributed by atoms with E-state index < -0.39 is 42.1 Å². The lowest BCUT2D eigenvalue weighted by atomic mass is 9.98. The quantitative estimate of drug-likeness (QED) is 0.358. The molecule has 2 aromatic rings. The van der Waals surface area contributed by atoms with Crippen LogP contribution in [0.1, 0.15) is 46.6 Å². The summed E-state index contributed by atoms with van der Waals surface area (Å²) in [6.45, 7) is 9.25. The summed E-state index contributed by atoms with van der Waals surface area (Å²) in [6.07, 6.45) is -0.657. The van der Waals surface area contributed by atoms with Crippen LogP contribution in [-0.2, 0) is 16.0 Å². The lowest BCUT2D eigenvalue weighted by Crippen LogP contribution is -2.58. The van der Waals surface area contributed by atoms with Gasteiger partial charge in [-0.15, -0.1) is 0 Å². The first-order chi connectivity index (χ1) is 17.1. The van der Waals surface area contributed by atoms with E-state index in [1.54, 1.807) is 51.1 Å². The zero-order chi connectivity index (χ0) is 26.7. The minimum Gasteiger partial charge on any atom is -0.410 e. The van der Waals surface area contributed by atoms with Crippen molar-refractivity contribution in [2.45, 2.75) is 71.7 Å². The molecule has 4 N–H and O–H groups in total. The van der Waals surface area contributed by atoms with Gasteiger partial charge in [-0.2, -0.15) is 0 Å². The Balaban J connectivity index is 2.17. The van der Waals surface area contributed by atoms with Gasteiger partial charge in [-0.1, -0.05) is 76.2 Å². The molecule has 0 bridgehead atoms. The Kier molecular flexibility index (Phi) is 11.4. The van der Waals surface area contributed by atoms with Gasteiger partial charge in [0.2, 0.25) is 11.8 Å². The third-order valence-electron chi connectivity index (χ3n) is 5.73. The van der Waals surface area contributed by atoms with Gasteiger partial charge in [-0.05, 0) is 42.9 Å². The summed E-state index contributed by atoms with van der Waals surface area (Å²) in [5.41, 5.74) is 0.868. The maximum absolute atomic E-state index is 13.3. The van der Waals surface area contributed by atoms with Gasteiger partial charge in [0.15, 0.2) is 0 Å². The number of nitrogens with one attached hydrogen (secondary N) is 3. The fourth-order valence-corrected chi connectivity index (χ4v) is 3.78. The highest BCUT2D eigenvalue weighted by atomic mass is 16.6. The number of rotatable bonds is 12. The Morgan fingerprint density at radius 1 is 0.806 bits per heavy atom. The van der Waals surface area contributed by atoms with Crippen molar-refractivity contribution in [1.82, 2.24) is 16.0 Å². The molecular weight excluding hydrogens is 458 g/mol. The minimum absolute atomic E-state index is 0.256. The molecule has 0 aliphatic carbocycles. The van der Waals surface area contributed by atoms with E-state index in [4.69, 9.17) is 4.74 Å². The predicted molar refractivity (Wildman–Crippen MR) is 139 cm³/mol. The van der Waals surface area contributed by atoms with Crippen LogP contribution in [0.5, 0.6) is 5.75 Å². The van der Waals surface area contributed by atoms with E-state index in [0.29, 0.717) is 12.2 Å². The zero-order valence-electron chi connectivity index (χ0n) is 21.7. The van der Waals surface area contributed by atoms with Gasteiger partial charge in [-0.3, -0.25) is 9.59 Å². The molecule has 0 saturated carbocycles. The molecular formula is C28H39N3O5. The van der Waals surface area contributed by atoms with Crippen LogP contribution in [0.4, 0.5) is 4.79 Å². The normalized spacial score (nSPS) is 14.4. The number of benzene rings is 2. The summed E-state index contributed by atoms with van der Waals surface area (Å²) in [5, 5.41) is 18.5. The molecule has 2 unspecified atom stereocenters. The van der Waals surface area contributed by atoms with Crippen LogP contribution in [0, 0.1) is 11.8 Å². The first kappa shape index (κ1) is 28.8. The molecule has 0 heterocycles. The van der Waals surface area contributed by atoms with Crippen molar-refractivity contribution in [3.05, 3.63) is 66.2 Å². The van der Waals surface area contributed by atoms with E-state index in [1.165, 1.54) is 0 Å². The Morgan fingerprint density at radius 2 is 1.39 bits per heavy atom. The summed E-state index contributed by atoms with van der Waals surface area (Å²) in [4.78, 5) is 39.0. The van der Waals surface area contributed by atoms with Crippen LogP contribution in [0.25, 0.3) is 0 Å². The maximum Gasteiger partial charge on any atom is 0.413 e. The first-order valence-corrected chi connectivity index (χ1v) is 12.4. The number of amides is 3. The van der Waals surface area contributed by atoms with E-state index >= 15 is 0 Å². The van der Waals surface area contributed by atoms with E-state index in [9.17, 15) is 19.5 Å². The average molecular weight is 498 g/mol. The fraction of sp³-hybridized carbons (Fsp3) is 0.464. The highest BCUT2D eigenvalue weighted by Crippen LogP contribution is 2.12. The second kappa shape index (κ2) is 14.2. The molecule has 196 valence electrons. The molecule has 8 nitrogen and oxygen atoms in total. The van der Waals surface area contributed by atoms with Crippen LogP contribution in [-0.4, -0.2) is 47.2 Å². The number of hydrogen-bond donors (Lipinski definition) is 4. The summed E-state index contributed by atoms with van der Waals surface area (Å²) in [6, 6.07) is 15.6. The van der Waals surface area contributed by atoms with Crippen molar-refractivity contribution in [3.8, 4) is 5.75 Å². The van der Waals surface area contributed by atoms with E-state index in [2.05, 4.69) is 16.0 Å². The number of para-hydroxylation sites is 1. The Labute approximate surface area is 213 Å². The molecule has 0 aliphatic heterocycles. The highest BCUT2D eigenvalue weighted by Gasteiger charge is 2.31. The molecule has 8 heteroatoms. The van der Waals surface area contributed by atoms with Crippen molar-refractivity contribution >= 4 is 17.9 Å². The van der Waals surface area contributed by atoms with Crippen molar-refractivity contribution in [2.24, 2.45) is 11.8 Å². The summed E-state index contributed by atoms with van der Waals surface area (Å²) >= 11 is 0. The average Bonchev–Trinajstić information content (AvgIpc) is 2.82. The number of aliphatic hydroxyl groups excluding tert-OH is 1. The van der Waals surface area contributed by atoms with Gasteiger partial charge in [0.1, 0.15) is 17.8 Å². The van der Waals surface area contributed by atoms with Crippen molar-refractivity contribution in [2.75, 3.05) is 0 Å². The molecule has 0 radical (unpaired) electrons. The second-order valence-corrected chi connectivity index (χ2v) is 9.80. The SMILES string of the molecule is CC(C)C[C@H](NC(=O)C(Cc1ccccc1)NC(=O)C(NC(=O)Oc1ccccc1)C(C)C)[C@H](C)O. The second-order valence-electron chi connectivity index (χ2n) is 9.80. The van der Waals surface area contributed by atoms with Gasteiger partial charge < -0.3 is 25.8 Å². The van der Waals surface area contributed by atoms with Crippen LogP contribution < -0.4 is 20.7 Å². The number of ether oxygens (including phenoxy) is 1. The van der Waals surface area contributed by atoms with E-state index in [-0.39, 0.29) is 18.3 Å². The van der Waals surface area contributed by atoms with Gasteiger partial charge in [0, 0.05) is 6.42 Å². The molecule has 0 spiro atoms. The van der Waals surface area contributed by atoms with Gasteiger partial charge in [0.05, 0.1) is 12.1 Å². The molecule has 2 rings (SSSR count). The Hall–Kier alpha value is -3.39. The molecule has 2 aromatic carbocycles. The van der Waals surface area contributed by atoms with Gasteiger partial charge in [-0.25, -0.2) is 4.79 Å². The van der Waals surface area contributed by atoms with Gasteiger partial charge >= 0.3 is 6.09 Å². The van der Waals surface area contributed by atoms with Crippen molar-refractivity contribution < 1.29 is 24.2 Å². The lowest BCUT2D eigenvalue weighted by molar-refractivity contribution is -0.131. The molecule has 36 heavy (non-hydrogen) atoms. The topological polar surface area (TPSA) is 117 Å². The largest absolute Gasteiger partial charge is 0.413 e. The highest BCUT2D eigenvalue weighted by molar-refractivity contribution is 5.92. The predicted octanol–water partition coefficient (Wildman–Crippen LogP) is 3.44. The summed E-state index contributed by atoms with van der Waals surface area (Å²) in [7, 11) is 0. The molecule has 4 atom stereocenters. The third kappa shape index (κ3) is 9.70. The van der Waals surface area contributed by atoms with E-state index in [1.807, 2.05) is 44.2 Å². The molecule has 0 aromatic heterocycles. The van der Waals surface area contributed by atoms with Gasteiger partial charge in [0.25, 0.3) is 0 Å². The summed E-state index contributed by atoms with van der Waals surface area (Å²) < 4.78 is 5.27. The first-order valence-electron chi connectivity index (χ1n) is 12.4. The van der Waals surface area contributed by atoms with Crippen molar-refractivity contribution in [1.29, 1.82) is 0 Å². The van der Waals surface area contributed by atoms with E-state index in [0.717, 1.165) is 5.56 Å². The number of carbonyl (C=O) groups is 3. The maximum atomic E-state index is 13.3. The number of aliphatic hydroxyl groups is 1. The standard InChI is InChI=1S/C28H39N3O5/c1-18(2)16-23(20(5)32)29-26(33)24(17-21-12-8-6-9-13-21)30-27(34)25(19(3)4)31-28(35)36-22-14-10-7-11-15-22/h6-15,18-20,23-25,32H,16-17H2,1-5H3,(H,29,33)(H,30,34)(H,31,35)/t20-,23-,24?,25?/m0/s1. The smallest absolute Gasteiger partial charge is 0.410 e. The fourth-order valence-electron chi connectivity index (χ4n) is 3.78. The number of hydrogen-bond acceptors (Lipinski definition) is 5. The third-order valence-corrected chi connectivity index (χ3v) is 5.73. The summed E-state index contributed by atoms with van der Waals surface area (Å²) in [5.74, 6) is -0.539. The Morgan fingerprint density at radius 3 is 1.92 bits per heavy atom. The Bertz CT molecular complexity index is 964. The van der Waals surface area contributed by atoms with Crippen LogP contribution in [0.3, 0.4) is 0 Å². The molecule has 3 amide bonds.